The van der Waals surface area contributed by atoms with E-state index in [-0.39, 0.29) is 89.7 Å². The van der Waals surface area contributed by atoms with Crippen LogP contribution in [0.1, 0.15) is 239 Å². The zero-order valence-corrected chi connectivity index (χ0v) is 51.4. The molecular weight excluding hydrogens is 955 g/mol. The number of nitrogens with zero attached hydrogens (tertiary/aromatic N) is 2. The number of esters is 2. The molecule has 0 aromatic heterocycles. The molecule has 77 heavy (non-hydrogen) atoms. The fourth-order valence-corrected chi connectivity index (χ4v) is 24.4. The quantitative estimate of drug-likeness (QED) is 0.121. The Kier molecular flexibility index (Phi) is 11.9. The van der Waals surface area contributed by atoms with E-state index in [1.54, 1.807) is 25.0 Å². The molecule has 10 aliphatic carbocycles. The zero-order valence-electron chi connectivity index (χ0n) is 51.4. The molecule has 16 atom stereocenters. The Labute approximate surface area is 466 Å². The van der Waals surface area contributed by atoms with E-state index in [9.17, 15) is 9.59 Å². The summed E-state index contributed by atoms with van der Waals surface area (Å²) in [5, 5.41) is 3.46. The summed E-state index contributed by atoms with van der Waals surface area (Å²) in [6.45, 7) is 42.4. The summed E-state index contributed by atoms with van der Waals surface area (Å²) in [7, 11) is 0. The monoisotopic (exact) mass is 1060 g/mol. The summed E-state index contributed by atoms with van der Waals surface area (Å²) in [6.07, 6.45) is 25.1. The Morgan fingerprint density at radius 1 is 0.455 bits per heavy atom. The number of rotatable bonds is 6. The normalized spacial score (nSPS) is 50.5. The average molecular weight is 1060 g/mol. The van der Waals surface area contributed by atoms with Gasteiger partial charge < -0.3 is 9.47 Å². The minimum absolute atomic E-state index is 0.0364. The number of imide groups is 1. The average Bonchev–Trinajstić information content (AvgIpc) is 4.38. The van der Waals surface area contributed by atoms with Crippen molar-refractivity contribution in [2.75, 3.05) is 26.2 Å². The van der Waals surface area contributed by atoms with Crippen LogP contribution in [0.25, 0.3) is 0 Å². The summed E-state index contributed by atoms with van der Waals surface area (Å²) < 4.78 is 13.0. The molecule has 4 unspecified atom stereocenters. The molecular formula is C68H105N3O6. The highest BCUT2D eigenvalue weighted by atomic mass is 16.6. The van der Waals surface area contributed by atoms with Gasteiger partial charge in [0.15, 0.2) is 11.4 Å². The van der Waals surface area contributed by atoms with Gasteiger partial charge in [0.2, 0.25) is 11.8 Å². The van der Waals surface area contributed by atoms with Crippen LogP contribution in [0.2, 0.25) is 0 Å². The molecule has 0 aromatic carbocycles. The van der Waals surface area contributed by atoms with Crippen molar-refractivity contribution in [3.8, 4) is 0 Å². The Balaban J connectivity index is 0.840. The lowest BCUT2D eigenvalue weighted by molar-refractivity contribution is -0.270. The van der Waals surface area contributed by atoms with Crippen LogP contribution in [-0.2, 0) is 28.7 Å². The first kappa shape index (κ1) is 55.0. The van der Waals surface area contributed by atoms with Crippen molar-refractivity contribution in [2.24, 2.45) is 100 Å². The molecule has 12 aliphatic rings. The summed E-state index contributed by atoms with van der Waals surface area (Å²) in [5.41, 5.74) is 0.823. The van der Waals surface area contributed by atoms with Crippen molar-refractivity contribution in [2.45, 2.75) is 251 Å². The highest BCUT2D eigenvalue weighted by Gasteiger charge is 2.76. The van der Waals surface area contributed by atoms with Crippen LogP contribution in [0, 0.1) is 100 Å². The lowest BCUT2D eigenvalue weighted by Crippen LogP contribution is -2.70. The van der Waals surface area contributed by atoms with E-state index in [0.29, 0.717) is 23.7 Å². The van der Waals surface area contributed by atoms with Gasteiger partial charge in [-0.05, 0) is 194 Å². The van der Waals surface area contributed by atoms with Crippen LogP contribution in [-0.4, -0.2) is 71.2 Å². The lowest BCUT2D eigenvalue weighted by atomic mass is 9.33. The summed E-state index contributed by atoms with van der Waals surface area (Å²) >= 11 is 0. The van der Waals surface area contributed by atoms with Crippen molar-refractivity contribution in [3.63, 3.8) is 0 Å². The first-order valence-corrected chi connectivity index (χ1v) is 31.8. The van der Waals surface area contributed by atoms with Gasteiger partial charge in [0.25, 0.3) is 0 Å². The Morgan fingerprint density at radius 2 is 0.805 bits per heavy atom. The first-order valence-electron chi connectivity index (χ1n) is 31.8. The second-order valence-corrected chi connectivity index (χ2v) is 33.7. The van der Waals surface area contributed by atoms with Crippen molar-refractivity contribution in [1.82, 2.24) is 15.1 Å². The summed E-state index contributed by atoms with van der Waals surface area (Å²) in [6, 6.07) is 0. The van der Waals surface area contributed by atoms with Crippen LogP contribution in [0.3, 0.4) is 0 Å². The lowest BCUT2D eigenvalue weighted by Gasteiger charge is -2.72. The minimum atomic E-state index is -0.602. The number of carbonyl (C=O) groups is 4. The maximum absolute atomic E-state index is 16.0. The third-order valence-electron chi connectivity index (χ3n) is 29.2. The number of allylic oxidation sites excluding steroid dienone is 4. The number of ether oxygens (including phenoxy) is 2. The molecule has 0 radical (unpaired) electrons. The number of hydrogen-bond acceptors (Lipinski definition) is 8. The highest BCUT2D eigenvalue weighted by Crippen LogP contribution is 2.80. The summed E-state index contributed by atoms with van der Waals surface area (Å²) in [5.74, 6) is 1.81. The van der Waals surface area contributed by atoms with Crippen molar-refractivity contribution in [1.29, 1.82) is 0 Å². The molecule has 2 heterocycles. The van der Waals surface area contributed by atoms with Crippen molar-refractivity contribution >= 4 is 23.8 Å². The van der Waals surface area contributed by atoms with Gasteiger partial charge in [0.05, 0.1) is 10.8 Å². The fraction of sp³-hybridized carbons (Fsp3) is 0.882. The van der Waals surface area contributed by atoms with Crippen LogP contribution < -0.4 is 5.32 Å². The zero-order chi connectivity index (χ0) is 55.6. The molecule has 2 amide bonds. The smallest absolute Gasteiger partial charge is 0.304 e. The SMILES string of the molecule is CC(=O)O[C@]1(N2CC2)CC[C@@]2(C)C(CC[C@]3(C)C2CC=C2[C@H]4CC(C)(C)CC[C@]4(C(=O)NC(=O)[C@]45CCC(C)(C)C[C@@H]4C4=CCC6[C@@]7(C)CC[C@@](OC(C)=O)(N8CC8)C(C)(C)C7CC[C@@]6(C)[C@]4(C)CC5)CC[C@]23C)C1(C)C. The Bertz CT molecular complexity index is 2430. The standard InChI is InChI=1S/C68H105N3O6/c1-43(72)76-67(70-37-38-70)35-27-59(11)49(57(67,7)8)21-23-63(15)51(59)19-17-45-47-41-55(3,4)25-31-65(47,33-29-61(45,63)13)53(74)69-54(75)66-32-26-56(5,6)42-48(66)46-18-20-52-60(12)28-36-68(71-39-40-71,77-44(2)73)58(9,10)50(60)22-24-64(52,16)62(46,14)30-34-66/h17-18,47-52H,19-42H2,1-16H3,(H,69,74,75)/t47-,48-,49?,50?,51?,52?,59+,60+,61-,62-,63-,64-,65+,66+,67-,68+/m1/s1. The molecule has 9 nitrogen and oxygen atoms in total. The number of carbonyl (C=O) groups excluding carboxylic acids is 4. The van der Waals surface area contributed by atoms with Crippen LogP contribution in [0.4, 0.5) is 0 Å². The first-order chi connectivity index (χ1) is 35.6. The van der Waals surface area contributed by atoms with Crippen molar-refractivity contribution in [3.05, 3.63) is 23.3 Å². The second kappa shape index (κ2) is 16.6. The number of amides is 2. The Morgan fingerprint density at radius 3 is 1.14 bits per heavy atom. The van der Waals surface area contributed by atoms with E-state index in [0.717, 1.165) is 155 Å². The largest absolute Gasteiger partial charge is 0.443 e. The van der Waals surface area contributed by atoms with Gasteiger partial charge in [-0.1, -0.05) is 120 Å². The molecule has 0 spiro atoms. The number of nitrogens with one attached hydrogen (secondary N) is 1. The second-order valence-electron chi connectivity index (χ2n) is 33.7. The maximum atomic E-state index is 16.0. The van der Waals surface area contributed by atoms with Gasteiger partial charge in [0.1, 0.15) is 0 Å². The van der Waals surface area contributed by atoms with Crippen molar-refractivity contribution < 1.29 is 28.7 Å². The molecule has 2 saturated heterocycles. The topological polar surface area (TPSA) is 105 Å². The predicted octanol–water partition coefficient (Wildman–Crippen LogP) is 14.4. The van der Waals surface area contributed by atoms with E-state index >= 15 is 9.59 Å². The highest BCUT2D eigenvalue weighted by molar-refractivity contribution is 6.01. The molecule has 0 aromatic rings. The van der Waals surface area contributed by atoms with Crippen LogP contribution in [0.5, 0.6) is 0 Å². The summed E-state index contributed by atoms with van der Waals surface area (Å²) in [4.78, 5) is 62.5. The van der Waals surface area contributed by atoms with Gasteiger partial charge in [-0.25, -0.2) is 0 Å². The minimum Gasteiger partial charge on any atom is -0.443 e. The molecule has 10 fully saturated rings. The van der Waals surface area contributed by atoms with E-state index < -0.39 is 22.3 Å². The molecule has 2 aliphatic heterocycles. The van der Waals surface area contributed by atoms with Crippen LogP contribution >= 0.6 is 0 Å². The number of fused-ring (bicyclic) bond motifs is 14. The van der Waals surface area contributed by atoms with Gasteiger partial charge in [-0.2, -0.15) is 0 Å². The van der Waals surface area contributed by atoms with E-state index in [1.807, 2.05) is 0 Å². The predicted molar refractivity (Wildman–Crippen MR) is 303 cm³/mol. The third kappa shape index (κ3) is 7.01. The maximum Gasteiger partial charge on any atom is 0.304 e. The van der Waals surface area contributed by atoms with Crippen LogP contribution in [0.15, 0.2) is 23.3 Å². The van der Waals surface area contributed by atoms with Gasteiger partial charge >= 0.3 is 11.9 Å². The van der Waals surface area contributed by atoms with Gasteiger partial charge in [-0.3, -0.25) is 34.3 Å². The number of hydrogen-bond donors (Lipinski definition) is 1. The molecule has 1 N–H and O–H groups in total. The van der Waals surface area contributed by atoms with E-state index in [4.69, 9.17) is 9.47 Å². The van der Waals surface area contributed by atoms with Gasteiger partial charge in [-0.15, -0.1) is 0 Å². The molecule has 428 valence electrons. The van der Waals surface area contributed by atoms with Gasteiger partial charge in [0, 0.05) is 63.7 Å². The fourth-order valence-electron chi connectivity index (χ4n) is 24.4. The molecule has 12 rings (SSSR count). The molecule has 0 bridgehead atoms. The Hall–Kier alpha value is -2.52. The molecule has 9 heteroatoms. The molecule has 8 saturated carbocycles. The third-order valence-corrected chi connectivity index (χ3v) is 29.2. The van der Waals surface area contributed by atoms with E-state index in [1.165, 1.54) is 0 Å². The van der Waals surface area contributed by atoms with E-state index in [2.05, 4.69) is 124 Å².